The summed E-state index contributed by atoms with van der Waals surface area (Å²) in [6.45, 7) is 6.73. The van der Waals surface area contributed by atoms with Gasteiger partial charge in [-0.2, -0.15) is 0 Å². The van der Waals surface area contributed by atoms with Crippen molar-refractivity contribution in [2.24, 2.45) is 0 Å². The molecule has 8 heteroatoms. The molecule has 4 rings (SSSR count). The fourth-order valence-electron chi connectivity index (χ4n) is 2.67. The number of hydrogen-bond acceptors (Lipinski definition) is 7. The Balaban J connectivity index is 1.78. The molecule has 0 atom stereocenters. The van der Waals surface area contributed by atoms with E-state index in [-0.39, 0.29) is 0 Å². The molecule has 4 aromatic heterocycles. The van der Waals surface area contributed by atoms with Crippen molar-refractivity contribution in [3.8, 4) is 11.5 Å². The first-order chi connectivity index (χ1) is 11.7. The molecule has 4 aromatic rings. The summed E-state index contributed by atoms with van der Waals surface area (Å²) >= 11 is 1.58. The summed E-state index contributed by atoms with van der Waals surface area (Å²) in [5.74, 6) is 2.53. The van der Waals surface area contributed by atoms with Gasteiger partial charge in [-0.25, -0.2) is 14.6 Å². The third-order valence-electron chi connectivity index (χ3n) is 3.73. The highest BCUT2D eigenvalue weighted by Gasteiger charge is 2.16. The lowest BCUT2D eigenvalue weighted by molar-refractivity contribution is 0.308. The summed E-state index contributed by atoms with van der Waals surface area (Å²) in [5.41, 5.74) is 2.44. The van der Waals surface area contributed by atoms with Gasteiger partial charge in [0.1, 0.15) is 28.3 Å². The number of nitrogens with zero attached hydrogens (tertiary/aromatic N) is 5. The molecule has 0 N–H and O–H groups in total. The lowest BCUT2D eigenvalue weighted by atomic mass is 10.4. The normalized spacial score (nSPS) is 11.5. The van der Waals surface area contributed by atoms with Crippen LogP contribution in [0.15, 0.2) is 43.5 Å². The maximum atomic E-state index is 5.58. The number of furan rings is 1. The van der Waals surface area contributed by atoms with Crippen LogP contribution in [0.4, 0.5) is 0 Å². The zero-order valence-electron chi connectivity index (χ0n) is 13.5. The highest BCUT2D eigenvalue weighted by atomic mass is 32.2. The number of rotatable bonds is 4. The zero-order valence-corrected chi connectivity index (χ0v) is 14.3. The van der Waals surface area contributed by atoms with Crippen LogP contribution in [0.5, 0.6) is 0 Å². The highest BCUT2D eigenvalue weighted by Crippen LogP contribution is 2.33. The van der Waals surface area contributed by atoms with Gasteiger partial charge in [0, 0.05) is 6.54 Å². The third kappa shape index (κ3) is 2.48. The summed E-state index contributed by atoms with van der Waals surface area (Å²) in [6.07, 6.45) is 3.34. The smallest absolute Gasteiger partial charge is 0.170 e. The lowest BCUT2D eigenvalue weighted by Gasteiger charge is -2.04. The van der Waals surface area contributed by atoms with E-state index in [1.165, 1.54) is 0 Å². The average molecular weight is 341 g/mol. The fraction of sp³-hybridized carbons (Fsp3) is 0.250. The van der Waals surface area contributed by atoms with Crippen molar-refractivity contribution in [2.75, 3.05) is 0 Å². The van der Waals surface area contributed by atoms with Crippen LogP contribution < -0.4 is 0 Å². The first-order valence-corrected chi connectivity index (χ1v) is 8.36. The van der Waals surface area contributed by atoms with Crippen LogP contribution >= 0.6 is 11.8 Å². The van der Waals surface area contributed by atoms with Crippen molar-refractivity contribution in [3.05, 3.63) is 36.0 Å². The van der Waals surface area contributed by atoms with Crippen molar-refractivity contribution in [3.63, 3.8) is 0 Å². The zero-order chi connectivity index (χ0) is 16.7. The van der Waals surface area contributed by atoms with E-state index in [9.17, 15) is 0 Å². The van der Waals surface area contributed by atoms with E-state index in [2.05, 4.69) is 31.8 Å². The van der Waals surface area contributed by atoms with E-state index in [1.807, 2.05) is 26.0 Å². The van der Waals surface area contributed by atoms with Crippen LogP contribution in [-0.4, -0.2) is 24.8 Å². The number of imidazole rings is 1. The molecule has 0 saturated carbocycles. The van der Waals surface area contributed by atoms with Gasteiger partial charge in [0.25, 0.3) is 0 Å². The Morgan fingerprint density at radius 3 is 2.75 bits per heavy atom. The molecule has 7 nitrogen and oxygen atoms in total. The Bertz CT molecular complexity index is 1000. The Hall–Kier alpha value is -2.61. The highest BCUT2D eigenvalue weighted by molar-refractivity contribution is 7.99. The van der Waals surface area contributed by atoms with Crippen molar-refractivity contribution in [2.45, 2.75) is 37.2 Å². The SMILES string of the molecule is CCn1c(-c2cnon2)nc2cnc(Sc3cc(C)oc3C)cc21. The number of hydrogen-bond donors (Lipinski definition) is 0. The van der Waals surface area contributed by atoms with Crippen LogP contribution in [0.3, 0.4) is 0 Å². The van der Waals surface area contributed by atoms with Crippen LogP contribution in [0, 0.1) is 13.8 Å². The minimum absolute atomic E-state index is 0.614. The molecule has 0 radical (unpaired) electrons. The van der Waals surface area contributed by atoms with E-state index < -0.39 is 0 Å². The van der Waals surface area contributed by atoms with E-state index in [0.717, 1.165) is 44.8 Å². The molecule has 0 amide bonds. The standard InChI is InChI=1S/C16H15N5O2S/c1-4-21-13-6-15(24-14-5-9(2)22-10(14)3)17-7-11(13)19-16(21)12-8-18-23-20-12/h5-8H,4H2,1-3H3. The Morgan fingerprint density at radius 1 is 1.21 bits per heavy atom. The maximum Gasteiger partial charge on any atom is 0.170 e. The van der Waals surface area contributed by atoms with Crippen molar-refractivity contribution in [1.82, 2.24) is 24.8 Å². The Labute approximate surface area is 142 Å². The molecule has 122 valence electrons. The van der Waals surface area contributed by atoms with Gasteiger partial charge in [-0.05, 0) is 38.1 Å². The molecule has 0 aliphatic carbocycles. The van der Waals surface area contributed by atoms with Crippen molar-refractivity contribution in [1.29, 1.82) is 0 Å². The molecule has 0 saturated heterocycles. The van der Waals surface area contributed by atoms with E-state index >= 15 is 0 Å². The van der Waals surface area contributed by atoms with Crippen LogP contribution in [-0.2, 0) is 6.54 Å². The molecular formula is C16H15N5O2S. The summed E-state index contributed by atoms with van der Waals surface area (Å²) in [6, 6.07) is 4.06. The molecule has 0 aliphatic heterocycles. The minimum Gasteiger partial charge on any atom is -0.465 e. The molecule has 0 fully saturated rings. The predicted molar refractivity (Wildman–Crippen MR) is 88.8 cm³/mol. The molecule has 0 spiro atoms. The molecule has 0 unspecified atom stereocenters. The second-order valence-corrected chi connectivity index (χ2v) is 6.43. The van der Waals surface area contributed by atoms with Gasteiger partial charge in [0.05, 0.1) is 16.6 Å². The summed E-state index contributed by atoms with van der Waals surface area (Å²) in [7, 11) is 0. The van der Waals surface area contributed by atoms with Gasteiger partial charge in [0.2, 0.25) is 0 Å². The maximum absolute atomic E-state index is 5.58. The second-order valence-electron chi connectivity index (χ2n) is 5.36. The van der Waals surface area contributed by atoms with Crippen molar-refractivity contribution < 1.29 is 9.05 Å². The number of aromatic nitrogens is 5. The summed E-state index contributed by atoms with van der Waals surface area (Å²) in [5, 5.41) is 8.44. The number of aryl methyl sites for hydroxylation is 3. The minimum atomic E-state index is 0.614. The number of pyridine rings is 1. The molecule has 0 aromatic carbocycles. The fourth-order valence-corrected chi connectivity index (χ4v) is 3.58. The summed E-state index contributed by atoms with van der Waals surface area (Å²) in [4.78, 5) is 10.2. The van der Waals surface area contributed by atoms with Gasteiger partial charge < -0.3 is 8.98 Å². The van der Waals surface area contributed by atoms with Crippen LogP contribution in [0.1, 0.15) is 18.4 Å². The molecule has 4 heterocycles. The Kier molecular flexibility index (Phi) is 3.61. The molecule has 24 heavy (non-hydrogen) atoms. The van der Waals surface area contributed by atoms with Gasteiger partial charge in [0.15, 0.2) is 11.5 Å². The third-order valence-corrected chi connectivity index (χ3v) is 4.78. The average Bonchev–Trinajstić information content (AvgIpc) is 3.26. The lowest BCUT2D eigenvalue weighted by Crippen LogP contribution is -1.97. The van der Waals surface area contributed by atoms with Gasteiger partial charge in [-0.15, -0.1) is 0 Å². The van der Waals surface area contributed by atoms with E-state index in [0.29, 0.717) is 5.69 Å². The number of fused-ring (bicyclic) bond motifs is 1. The van der Waals surface area contributed by atoms with Gasteiger partial charge >= 0.3 is 0 Å². The second kappa shape index (κ2) is 5.79. The van der Waals surface area contributed by atoms with Crippen LogP contribution in [0.2, 0.25) is 0 Å². The Morgan fingerprint density at radius 2 is 2.08 bits per heavy atom. The molecule has 0 bridgehead atoms. The monoisotopic (exact) mass is 341 g/mol. The van der Waals surface area contributed by atoms with Crippen LogP contribution in [0.25, 0.3) is 22.6 Å². The van der Waals surface area contributed by atoms with Crippen molar-refractivity contribution >= 4 is 22.8 Å². The topological polar surface area (TPSA) is 82.8 Å². The largest absolute Gasteiger partial charge is 0.465 e. The quantitative estimate of drug-likeness (QED) is 0.557. The molecule has 0 aliphatic rings. The first-order valence-electron chi connectivity index (χ1n) is 7.55. The summed E-state index contributed by atoms with van der Waals surface area (Å²) < 4.78 is 12.4. The van der Waals surface area contributed by atoms with E-state index in [1.54, 1.807) is 24.2 Å². The van der Waals surface area contributed by atoms with E-state index in [4.69, 9.17) is 9.05 Å². The predicted octanol–water partition coefficient (Wildman–Crippen LogP) is 3.86. The van der Waals surface area contributed by atoms with Gasteiger partial charge in [-0.1, -0.05) is 16.9 Å². The van der Waals surface area contributed by atoms with Gasteiger partial charge in [-0.3, -0.25) is 0 Å². The first kappa shape index (κ1) is 14.9. The molecular weight excluding hydrogens is 326 g/mol.